The molecule has 0 bridgehead atoms. The summed E-state index contributed by atoms with van der Waals surface area (Å²) in [5.41, 5.74) is 6.42. The van der Waals surface area contributed by atoms with Crippen LogP contribution >= 0.6 is 0 Å². The zero-order chi connectivity index (χ0) is 13.7. The van der Waals surface area contributed by atoms with Gasteiger partial charge >= 0.3 is 0 Å². The molecule has 3 nitrogen and oxygen atoms in total. The van der Waals surface area contributed by atoms with E-state index in [0.717, 1.165) is 11.3 Å². The Morgan fingerprint density at radius 1 is 1.11 bits per heavy atom. The zero-order valence-corrected chi connectivity index (χ0v) is 11.4. The van der Waals surface area contributed by atoms with Crippen LogP contribution in [0.4, 0.5) is 0 Å². The summed E-state index contributed by atoms with van der Waals surface area (Å²) in [5.74, 6) is 6.60. The number of hydrazine groups is 1. The lowest BCUT2D eigenvalue weighted by Crippen LogP contribution is -2.29. The van der Waals surface area contributed by atoms with Crippen LogP contribution in [-0.4, -0.2) is 6.61 Å². The van der Waals surface area contributed by atoms with Gasteiger partial charge in [-0.05, 0) is 42.7 Å². The average molecular weight is 256 g/mol. The van der Waals surface area contributed by atoms with Gasteiger partial charge in [-0.25, -0.2) is 5.43 Å². The normalized spacial score (nSPS) is 12.2. The van der Waals surface area contributed by atoms with Crippen molar-refractivity contribution in [1.29, 1.82) is 0 Å². The molecule has 3 N–H and O–H groups in total. The number of nitrogens with one attached hydrogen (secondary N) is 1. The van der Waals surface area contributed by atoms with Crippen molar-refractivity contribution in [2.75, 3.05) is 6.61 Å². The van der Waals surface area contributed by atoms with Crippen molar-refractivity contribution < 1.29 is 4.74 Å². The Kier molecular flexibility index (Phi) is 4.55. The average Bonchev–Trinajstić information content (AvgIpc) is 2.44. The third kappa shape index (κ3) is 3.13. The van der Waals surface area contributed by atoms with Gasteiger partial charge in [-0.1, -0.05) is 36.4 Å². The molecule has 0 spiro atoms. The van der Waals surface area contributed by atoms with E-state index in [1.165, 1.54) is 11.1 Å². The van der Waals surface area contributed by atoms with Gasteiger partial charge in [0.05, 0.1) is 12.6 Å². The molecule has 2 aromatic rings. The molecule has 0 heterocycles. The first kappa shape index (κ1) is 13.6. The molecular formula is C16H20N2O. The number of aryl methyl sites for hydroxylation is 1. The van der Waals surface area contributed by atoms with Crippen molar-refractivity contribution in [1.82, 2.24) is 5.43 Å². The van der Waals surface area contributed by atoms with E-state index in [0.29, 0.717) is 6.61 Å². The smallest absolute Gasteiger partial charge is 0.119 e. The first-order valence-electron chi connectivity index (χ1n) is 6.50. The second-order valence-electron chi connectivity index (χ2n) is 4.46. The highest BCUT2D eigenvalue weighted by atomic mass is 16.5. The summed E-state index contributed by atoms with van der Waals surface area (Å²) in [6.45, 7) is 4.75. The van der Waals surface area contributed by atoms with Crippen LogP contribution in [0.3, 0.4) is 0 Å². The Bertz CT molecular complexity index is 523. The summed E-state index contributed by atoms with van der Waals surface area (Å²) in [6.07, 6.45) is 0. The lowest BCUT2D eigenvalue weighted by molar-refractivity contribution is 0.340. The summed E-state index contributed by atoms with van der Waals surface area (Å²) in [5, 5.41) is 0. The van der Waals surface area contributed by atoms with Gasteiger partial charge < -0.3 is 4.74 Å². The van der Waals surface area contributed by atoms with Crippen LogP contribution in [-0.2, 0) is 0 Å². The molecule has 1 atom stereocenters. The number of rotatable bonds is 5. The van der Waals surface area contributed by atoms with Crippen LogP contribution in [0.1, 0.15) is 29.7 Å². The van der Waals surface area contributed by atoms with Crippen molar-refractivity contribution in [2.24, 2.45) is 5.84 Å². The fourth-order valence-electron chi connectivity index (χ4n) is 2.20. The standard InChI is InChI=1S/C16H20N2O/c1-3-19-14-10-8-13(9-11-14)16(18-17)15-7-5-4-6-12(15)2/h4-11,16,18H,3,17H2,1-2H3. The molecular weight excluding hydrogens is 236 g/mol. The molecule has 100 valence electrons. The molecule has 1 unspecified atom stereocenters. The van der Waals surface area contributed by atoms with Gasteiger partial charge in [0.15, 0.2) is 0 Å². The quantitative estimate of drug-likeness (QED) is 0.638. The van der Waals surface area contributed by atoms with E-state index in [9.17, 15) is 0 Å². The van der Waals surface area contributed by atoms with E-state index in [4.69, 9.17) is 10.6 Å². The minimum Gasteiger partial charge on any atom is -0.494 e. The molecule has 19 heavy (non-hydrogen) atoms. The number of hydrogen-bond acceptors (Lipinski definition) is 3. The second kappa shape index (κ2) is 6.36. The Balaban J connectivity index is 2.29. The van der Waals surface area contributed by atoms with Crippen molar-refractivity contribution >= 4 is 0 Å². The molecule has 0 saturated heterocycles. The topological polar surface area (TPSA) is 47.3 Å². The molecule has 0 fully saturated rings. The van der Waals surface area contributed by atoms with Crippen LogP contribution in [0.5, 0.6) is 5.75 Å². The lowest BCUT2D eigenvalue weighted by Gasteiger charge is -2.19. The lowest BCUT2D eigenvalue weighted by atomic mass is 9.95. The minimum absolute atomic E-state index is 0.00289. The molecule has 0 aliphatic rings. The maximum atomic E-state index is 5.72. The summed E-state index contributed by atoms with van der Waals surface area (Å²) in [4.78, 5) is 0. The van der Waals surface area contributed by atoms with Gasteiger partial charge in [-0.15, -0.1) is 0 Å². The minimum atomic E-state index is -0.00289. The highest BCUT2D eigenvalue weighted by Gasteiger charge is 2.14. The van der Waals surface area contributed by atoms with Crippen LogP contribution < -0.4 is 16.0 Å². The predicted octanol–water partition coefficient (Wildman–Crippen LogP) is 2.95. The van der Waals surface area contributed by atoms with Crippen LogP contribution in [0.15, 0.2) is 48.5 Å². The van der Waals surface area contributed by atoms with Crippen LogP contribution in [0.2, 0.25) is 0 Å². The Hall–Kier alpha value is -1.84. The summed E-state index contributed by atoms with van der Waals surface area (Å²) in [6, 6.07) is 16.3. The van der Waals surface area contributed by atoms with Crippen LogP contribution in [0.25, 0.3) is 0 Å². The van der Waals surface area contributed by atoms with Crippen LogP contribution in [0, 0.1) is 6.92 Å². The largest absolute Gasteiger partial charge is 0.494 e. The SMILES string of the molecule is CCOc1ccc(C(NN)c2ccccc2C)cc1. The molecule has 0 radical (unpaired) electrons. The molecule has 0 saturated carbocycles. The highest BCUT2D eigenvalue weighted by Crippen LogP contribution is 2.25. The third-order valence-electron chi connectivity index (χ3n) is 3.19. The van der Waals surface area contributed by atoms with Gasteiger partial charge in [0.1, 0.15) is 5.75 Å². The molecule has 0 aliphatic heterocycles. The third-order valence-corrected chi connectivity index (χ3v) is 3.19. The zero-order valence-electron chi connectivity index (χ0n) is 11.4. The molecule has 0 aliphatic carbocycles. The van der Waals surface area contributed by atoms with E-state index in [1.54, 1.807) is 0 Å². The molecule has 0 amide bonds. The summed E-state index contributed by atoms with van der Waals surface area (Å²) >= 11 is 0. The van der Waals surface area contributed by atoms with Crippen molar-refractivity contribution in [3.63, 3.8) is 0 Å². The number of nitrogens with two attached hydrogens (primary N) is 1. The molecule has 2 aromatic carbocycles. The van der Waals surface area contributed by atoms with E-state index >= 15 is 0 Å². The maximum absolute atomic E-state index is 5.72. The fraction of sp³-hybridized carbons (Fsp3) is 0.250. The Morgan fingerprint density at radius 2 is 1.79 bits per heavy atom. The number of hydrogen-bond donors (Lipinski definition) is 2. The summed E-state index contributed by atoms with van der Waals surface area (Å²) < 4.78 is 5.45. The second-order valence-corrected chi connectivity index (χ2v) is 4.46. The van der Waals surface area contributed by atoms with Gasteiger partial charge in [0.2, 0.25) is 0 Å². The molecule has 2 rings (SSSR count). The number of ether oxygens (including phenoxy) is 1. The van der Waals surface area contributed by atoms with Gasteiger partial charge in [0, 0.05) is 0 Å². The first-order chi connectivity index (χ1) is 9.26. The van der Waals surface area contributed by atoms with Gasteiger partial charge in [-0.2, -0.15) is 0 Å². The first-order valence-corrected chi connectivity index (χ1v) is 6.50. The maximum Gasteiger partial charge on any atom is 0.119 e. The Labute approximate surface area is 114 Å². The molecule has 0 aromatic heterocycles. The van der Waals surface area contributed by atoms with E-state index in [2.05, 4.69) is 24.5 Å². The van der Waals surface area contributed by atoms with Crippen molar-refractivity contribution in [2.45, 2.75) is 19.9 Å². The fourth-order valence-corrected chi connectivity index (χ4v) is 2.20. The van der Waals surface area contributed by atoms with E-state index in [1.807, 2.05) is 43.3 Å². The van der Waals surface area contributed by atoms with Gasteiger partial charge in [-0.3, -0.25) is 5.84 Å². The van der Waals surface area contributed by atoms with Crippen molar-refractivity contribution in [3.8, 4) is 5.75 Å². The Morgan fingerprint density at radius 3 is 2.37 bits per heavy atom. The molecule has 3 heteroatoms. The summed E-state index contributed by atoms with van der Waals surface area (Å²) in [7, 11) is 0. The van der Waals surface area contributed by atoms with E-state index in [-0.39, 0.29) is 6.04 Å². The monoisotopic (exact) mass is 256 g/mol. The number of benzene rings is 2. The van der Waals surface area contributed by atoms with E-state index < -0.39 is 0 Å². The van der Waals surface area contributed by atoms with Gasteiger partial charge in [0.25, 0.3) is 0 Å². The van der Waals surface area contributed by atoms with Crippen molar-refractivity contribution in [3.05, 3.63) is 65.2 Å². The predicted molar refractivity (Wildman–Crippen MR) is 78.0 cm³/mol. The highest BCUT2D eigenvalue weighted by molar-refractivity contribution is 5.38.